The second kappa shape index (κ2) is 8.99. The highest BCUT2D eigenvalue weighted by molar-refractivity contribution is 7.91. The van der Waals surface area contributed by atoms with E-state index in [9.17, 15) is 23.3 Å². The van der Waals surface area contributed by atoms with E-state index in [1.54, 1.807) is 31.2 Å². The Labute approximate surface area is 156 Å². The molecular formula is C17H19N3O6S. The smallest absolute Gasteiger partial charge is 0.410 e. The van der Waals surface area contributed by atoms with Crippen LogP contribution in [0, 0.1) is 10.1 Å². The number of hydrogen-bond donors (Lipinski definition) is 2. The maximum Gasteiger partial charge on any atom is 0.412 e. The lowest BCUT2D eigenvalue weighted by molar-refractivity contribution is -0.384. The summed E-state index contributed by atoms with van der Waals surface area (Å²) >= 11 is 0. The Hall–Kier alpha value is -3.14. The Morgan fingerprint density at radius 1 is 1.15 bits per heavy atom. The van der Waals surface area contributed by atoms with E-state index in [1.807, 2.05) is 0 Å². The molecule has 0 radical (unpaired) electrons. The molecule has 0 unspecified atom stereocenters. The van der Waals surface area contributed by atoms with Crippen LogP contribution in [0.2, 0.25) is 0 Å². The summed E-state index contributed by atoms with van der Waals surface area (Å²) in [5, 5.41) is 16.0. The van der Waals surface area contributed by atoms with Crippen LogP contribution in [0.5, 0.6) is 5.75 Å². The highest BCUT2D eigenvalue weighted by Crippen LogP contribution is 2.18. The third-order valence-corrected chi connectivity index (χ3v) is 5.08. The van der Waals surface area contributed by atoms with Crippen molar-refractivity contribution in [2.75, 3.05) is 16.9 Å². The van der Waals surface area contributed by atoms with Gasteiger partial charge in [0, 0.05) is 30.1 Å². The number of nitro groups is 1. The largest absolute Gasteiger partial charge is 0.412 e. The van der Waals surface area contributed by atoms with E-state index in [1.165, 1.54) is 24.3 Å². The number of carbonyl (C=O) groups excluding carboxylic acids is 1. The van der Waals surface area contributed by atoms with Gasteiger partial charge in [0.25, 0.3) is 5.69 Å². The summed E-state index contributed by atoms with van der Waals surface area (Å²) in [6.07, 6.45) is -0.736. The quantitative estimate of drug-likeness (QED) is 0.521. The Bertz CT molecular complexity index is 913. The number of nitrogens with one attached hydrogen (secondary N) is 2. The maximum absolute atomic E-state index is 11.9. The predicted molar refractivity (Wildman–Crippen MR) is 100 cm³/mol. The maximum atomic E-state index is 11.9. The number of nitro benzene ring substituents is 1. The first kappa shape index (κ1) is 20.2. The first-order valence-electron chi connectivity index (χ1n) is 8.03. The molecule has 0 aromatic heterocycles. The molecule has 144 valence electrons. The van der Waals surface area contributed by atoms with Gasteiger partial charge in [-0.3, -0.25) is 10.1 Å². The number of para-hydroxylation sites is 1. The zero-order chi connectivity index (χ0) is 19.9. The standard InChI is InChI=1S/C17H19N3O6S/c1-2-27(24,25)12-19-16-6-4-3-5-13(16)11-18-17(21)26-15-9-7-14(8-10-15)20(22)23/h3-10,19H,2,11-12H2,1H3,(H,18,21). The lowest BCUT2D eigenvalue weighted by Gasteiger charge is -2.13. The number of benzene rings is 2. The molecule has 10 heteroatoms. The van der Waals surface area contributed by atoms with Gasteiger partial charge in [-0.05, 0) is 23.8 Å². The molecule has 0 aliphatic carbocycles. The van der Waals surface area contributed by atoms with Crippen molar-refractivity contribution in [3.8, 4) is 5.75 Å². The number of nitrogens with zero attached hydrogens (tertiary/aromatic N) is 1. The zero-order valence-corrected chi connectivity index (χ0v) is 15.4. The highest BCUT2D eigenvalue weighted by atomic mass is 32.2. The number of ether oxygens (including phenoxy) is 1. The third kappa shape index (κ3) is 6.26. The van der Waals surface area contributed by atoms with Crippen molar-refractivity contribution in [1.29, 1.82) is 0 Å². The summed E-state index contributed by atoms with van der Waals surface area (Å²) in [5.41, 5.74) is 1.17. The number of rotatable bonds is 8. The van der Waals surface area contributed by atoms with Gasteiger partial charge in [0.2, 0.25) is 0 Å². The van der Waals surface area contributed by atoms with Gasteiger partial charge in [-0.1, -0.05) is 25.1 Å². The first-order valence-corrected chi connectivity index (χ1v) is 9.85. The fourth-order valence-electron chi connectivity index (χ4n) is 2.08. The normalized spacial score (nSPS) is 10.9. The average molecular weight is 393 g/mol. The Morgan fingerprint density at radius 2 is 1.81 bits per heavy atom. The molecule has 0 bridgehead atoms. The van der Waals surface area contributed by atoms with Crippen LogP contribution in [0.4, 0.5) is 16.2 Å². The number of sulfone groups is 1. The van der Waals surface area contributed by atoms with Crippen LogP contribution in [-0.4, -0.2) is 31.1 Å². The topological polar surface area (TPSA) is 128 Å². The highest BCUT2D eigenvalue weighted by Gasteiger charge is 2.11. The molecular weight excluding hydrogens is 374 g/mol. The van der Waals surface area contributed by atoms with E-state index >= 15 is 0 Å². The van der Waals surface area contributed by atoms with Crippen molar-refractivity contribution in [2.24, 2.45) is 0 Å². The number of anilines is 1. The van der Waals surface area contributed by atoms with Crippen molar-refractivity contribution < 1.29 is 22.9 Å². The minimum atomic E-state index is -3.19. The van der Waals surface area contributed by atoms with Gasteiger partial charge >= 0.3 is 6.09 Å². The van der Waals surface area contributed by atoms with Gasteiger partial charge in [0.15, 0.2) is 9.84 Å². The minimum Gasteiger partial charge on any atom is -0.410 e. The molecule has 2 aromatic rings. The second-order valence-electron chi connectivity index (χ2n) is 5.50. The number of non-ortho nitro benzene ring substituents is 1. The molecule has 0 aliphatic heterocycles. The summed E-state index contributed by atoms with van der Waals surface area (Å²) in [6.45, 7) is 1.68. The van der Waals surface area contributed by atoms with Gasteiger partial charge < -0.3 is 15.4 Å². The summed E-state index contributed by atoms with van der Waals surface area (Å²) in [7, 11) is -3.19. The Morgan fingerprint density at radius 3 is 2.44 bits per heavy atom. The summed E-state index contributed by atoms with van der Waals surface area (Å²) in [6, 6.07) is 12.1. The van der Waals surface area contributed by atoms with Crippen molar-refractivity contribution in [3.05, 3.63) is 64.2 Å². The van der Waals surface area contributed by atoms with Crippen molar-refractivity contribution in [2.45, 2.75) is 13.5 Å². The van der Waals surface area contributed by atoms with Crippen molar-refractivity contribution in [3.63, 3.8) is 0 Å². The average Bonchev–Trinajstić information content (AvgIpc) is 2.66. The van der Waals surface area contributed by atoms with Gasteiger partial charge in [0.05, 0.1) is 4.92 Å². The molecule has 0 spiro atoms. The second-order valence-corrected chi connectivity index (χ2v) is 7.86. The van der Waals surface area contributed by atoms with Crippen LogP contribution in [0.25, 0.3) is 0 Å². The SMILES string of the molecule is CCS(=O)(=O)CNc1ccccc1CNC(=O)Oc1ccc([N+](=O)[O-])cc1. The van der Waals surface area contributed by atoms with Gasteiger partial charge in [-0.15, -0.1) is 0 Å². The van der Waals surface area contributed by atoms with Gasteiger partial charge in [-0.25, -0.2) is 13.2 Å². The molecule has 0 atom stereocenters. The molecule has 0 saturated heterocycles. The van der Waals surface area contributed by atoms with Crippen molar-refractivity contribution in [1.82, 2.24) is 5.32 Å². The lowest BCUT2D eigenvalue weighted by Crippen LogP contribution is -2.27. The lowest BCUT2D eigenvalue weighted by atomic mass is 10.2. The Balaban J connectivity index is 1.94. The molecule has 9 nitrogen and oxygen atoms in total. The molecule has 1 amide bonds. The number of hydrogen-bond acceptors (Lipinski definition) is 7. The predicted octanol–water partition coefficient (Wildman–Crippen LogP) is 2.69. The van der Waals surface area contributed by atoms with E-state index < -0.39 is 20.9 Å². The number of carbonyl (C=O) groups is 1. The van der Waals surface area contributed by atoms with Gasteiger partial charge in [-0.2, -0.15) is 0 Å². The van der Waals surface area contributed by atoms with Crippen LogP contribution >= 0.6 is 0 Å². The summed E-state index contributed by atoms with van der Waals surface area (Å²) in [4.78, 5) is 21.9. The monoisotopic (exact) mass is 393 g/mol. The molecule has 2 rings (SSSR count). The van der Waals surface area contributed by atoms with Crippen LogP contribution in [0.3, 0.4) is 0 Å². The summed E-state index contributed by atoms with van der Waals surface area (Å²) in [5.74, 6) is -0.00557. The molecule has 2 N–H and O–H groups in total. The van der Waals surface area contributed by atoms with Crippen LogP contribution < -0.4 is 15.4 Å². The van der Waals surface area contributed by atoms with E-state index in [2.05, 4.69) is 10.6 Å². The molecule has 0 saturated carbocycles. The minimum absolute atomic E-state index is 0.0297. The first-order chi connectivity index (χ1) is 12.8. The van der Waals surface area contributed by atoms with E-state index in [0.29, 0.717) is 11.3 Å². The molecule has 0 heterocycles. The number of amides is 1. The zero-order valence-electron chi connectivity index (χ0n) is 14.5. The van der Waals surface area contributed by atoms with E-state index in [0.717, 1.165) is 0 Å². The van der Waals surface area contributed by atoms with E-state index in [-0.39, 0.29) is 29.6 Å². The van der Waals surface area contributed by atoms with Gasteiger partial charge in [0.1, 0.15) is 11.6 Å². The Kier molecular flexibility index (Phi) is 6.72. The molecule has 0 fully saturated rings. The molecule has 0 aliphatic rings. The van der Waals surface area contributed by atoms with Crippen molar-refractivity contribution >= 4 is 27.3 Å². The third-order valence-electron chi connectivity index (χ3n) is 3.62. The fraction of sp³-hybridized carbons (Fsp3) is 0.235. The van der Waals surface area contributed by atoms with E-state index in [4.69, 9.17) is 4.74 Å². The fourth-order valence-corrected chi connectivity index (χ4v) is 2.66. The summed E-state index contributed by atoms with van der Waals surface area (Å²) < 4.78 is 28.3. The van der Waals surface area contributed by atoms with Crippen LogP contribution in [0.1, 0.15) is 12.5 Å². The molecule has 2 aromatic carbocycles. The molecule has 27 heavy (non-hydrogen) atoms. The van der Waals surface area contributed by atoms with Crippen LogP contribution in [-0.2, 0) is 16.4 Å². The van der Waals surface area contributed by atoms with Crippen LogP contribution in [0.15, 0.2) is 48.5 Å².